The number of fused-ring (bicyclic) bond motifs is 4. The summed E-state index contributed by atoms with van der Waals surface area (Å²) < 4.78 is 36.8. The maximum atomic E-state index is 12.8. The van der Waals surface area contributed by atoms with E-state index < -0.39 is 10.1 Å². The molecule has 0 spiro atoms. The molecule has 0 aliphatic heterocycles. The predicted octanol–water partition coefficient (Wildman–Crippen LogP) is 4.91. The number of allylic oxidation sites excluding steroid dienone is 2. The number of rotatable bonds is 4. The van der Waals surface area contributed by atoms with E-state index in [0.29, 0.717) is 5.92 Å². The third-order valence-electron chi connectivity index (χ3n) is 6.89. The topological polar surface area (TPSA) is 52.6 Å². The summed E-state index contributed by atoms with van der Waals surface area (Å²) in [5, 5.41) is 0. The van der Waals surface area contributed by atoms with Crippen molar-refractivity contribution < 1.29 is 17.3 Å². The van der Waals surface area contributed by atoms with Crippen molar-refractivity contribution in [2.45, 2.75) is 50.0 Å². The average Bonchev–Trinajstić information content (AvgIpc) is 3.27. The van der Waals surface area contributed by atoms with E-state index in [0.717, 1.165) is 43.4 Å². The molecule has 5 rings (SSSR count). The highest BCUT2D eigenvalue weighted by molar-refractivity contribution is 7.86. The third-order valence-corrected chi connectivity index (χ3v) is 8.24. The number of methoxy groups -OCH3 is 1. The molecule has 4 nitrogen and oxygen atoms in total. The van der Waals surface area contributed by atoms with Gasteiger partial charge in [-0.3, -0.25) is 4.18 Å². The Kier molecular flexibility index (Phi) is 4.56. The van der Waals surface area contributed by atoms with Gasteiger partial charge in [-0.25, -0.2) is 0 Å². The van der Waals surface area contributed by atoms with Crippen LogP contribution in [0.5, 0.6) is 5.75 Å². The van der Waals surface area contributed by atoms with Crippen molar-refractivity contribution in [3.05, 3.63) is 64.7 Å². The quantitative estimate of drug-likeness (QED) is 0.672. The Morgan fingerprint density at radius 3 is 2.55 bits per heavy atom. The molecule has 3 atom stereocenters. The van der Waals surface area contributed by atoms with Gasteiger partial charge in [-0.2, -0.15) is 8.42 Å². The Balaban J connectivity index is 1.38. The maximum absolute atomic E-state index is 12.8. The third kappa shape index (κ3) is 3.21. The largest absolute Gasteiger partial charge is 0.497 e. The zero-order chi connectivity index (χ0) is 20.2. The molecule has 1 saturated carbocycles. The van der Waals surface area contributed by atoms with Crippen LogP contribution < -0.4 is 4.74 Å². The van der Waals surface area contributed by atoms with Crippen LogP contribution >= 0.6 is 0 Å². The van der Waals surface area contributed by atoms with Crippen LogP contribution in [0.3, 0.4) is 0 Å². The molecule has 3 aliphatic carbocycles. The first-order valence-corrected chi connectivity index (χ1v) is 11.8. The van der Waals surface area contributed by atoms with E-state index in [4.69, 9.17) is 8.92 Å². The molecule has 0 heterocycles. The SMILES string of the molecule is COc1ccc2c(c1)CCC1=C2CC2C(OS(=O)(=O)c3ccc(C)cc3)CCC12. The van der Waals surface area contributed by atoms with Gasteiger partial charge in [0.25, 0.3) is 10.1 Å². The number of ether oxygens (including phenoxy) is 1. The summed E-state index contributed by atoms with van der Waals surface area (Å²) in [5.41, 5.74) is 6.65. The minimum Gasteiger partial charge on any atom is -0.497 e. The lowest BCUT2D eigenvalue weighted by Crippen LogP contribution is -2.24. The predicted molar refractivity (Wildman–Crippen MR) is 112 cm³/mol. The second-order valence-corrected chi connectivity index (χ2v) is 10.1. The Morgan fingerprint density at radius 1 is 1.00 bits per heavy atom. The standard InChI is InChI=1S/C24H26O4S/c1-15-3-7-18(8-4-15)29(25,26)28-24-12-11-21-20-9-5-16-13-17(27-2)6-10-19(16)22(20)14-23(21)24/h3-4,6-8,10,13,21,23-24H,5,9,11-12,14H2,1-2H3. The second kappa shape index (κ2) is 6.99. The van der Waals surface area contributed by atoms with E-state index in [9.17, 15) is 8.42 Å². The Bertz CT molecular complexity index is 1080. The van der Waals surface area contributed by atoms with Crippen LogP contribution in [0, 0.1) is 18.8 Å². The molecule has 0 aromatic heterocycles. The Hall–Kier alpha value is -2.11. The average molecular weight is 411 g/mol. The molecule has 0 radical (unpaired) electrons. The summed E-state index contributed by atoms with van der Waals surface area (Å²) in [4.78, 5) is 0.250. The van der Waals surface area contributed by atoms with Crippen LogP contribution in [0.15, 0.2) is 52.9 Å². The van der Waals surface area contributed by atoms with Gasteiger partial charge in [0.1, 0.15) is 5.75 Å². The zero-order valence-electron chi connectivity index (χ0n) is 16.9. The summed E-state index contributed by atoms with van der Waals surface area (Å²) in [7, 11) is -2.04. The van der Waals surface area contributed by atoms with E-state index >= 15 is 0 Å². The molecule has 0 bridgehead atoms. The van der Waals surface area contributed by atoms with Gasteiger partial charge in [-0.15, -0.1) is 0 Å². The fourth-order valence-corrected chi connectivity index (χ4v) is 6.60. The smallest absolute Gasteiger partial charge is 0.297 e. The van der Waals surface area contributed by atoms with E-state index in [1.54, 1.807) is 19.2 Å². The second-order valence-electron chi connectivity index (χ2n) is 8.48. The highest BCUT2D eigenvalue weighted by atomic mass is 32.2. The van der Waals surface area contributed by atoms with Gasteiger partial charge in [0, 0.05) is 0 Å². The summed E-state index contributed by atoms with van der Waals surface area (Å²) in [6.45, 7) is 1.95. The van der Waals surface area contributed by atoms with Crippen molar-refractivity contribution in [1.82, 2.24) is 0 Å². The highest BCUT2D eigenvalue weighted by Gasteiger charge is 2.47. The lowest BCUT2D eigenvalue weighted by atomic mass is 9.84. The lowest BCUT2D eigenvalue weighted by Gasteiger charge is -2.22. The summed E-state index contributed by atoms with van der Waals surface area (Å²) in [6, 6.07) is 13.2. The molecule has 5 heteroatoms. The highest BCUT2D eigenvalue weighted by Crippen LogP contribution is 2.55. The number of hydrogen-bond acceptors (Lipinski definition) is 4. The Morgan fingerprint density at radius 2 is 1.79 bits per heavy atom. The number of aryl methyl sites for hydroxylation is 2. The lowest BCUT2D eigenvalue weighted by molar-refractivity contribution is 0.161. The first-order valence-electron chi connectivity index (χ1n) is 10.4. The van der Waals surface area contributed by atoms with Crippen molar-refractivity contribution in [2.75, 3.05) is 7.11 Å². The van der Waals surface area contributed by atoms with E-state index in [1.807, 2.05) is 25.1 Å². The van der Waals surface area contributed by atoms with E-state index in [2.05, 4.69) is 12.1 Å². The van der Waals surface area contributed by atoms with Gasteiger partial charge in [-0.05, 0) is 91.8 Å². The minimum atomic E-state index is -3.74. The van der Waals surface area contributed by atoms with Crippen molar-refractivity contribution in [1.29, 1.82) is 0 Å². The van der Waals surface area contributed by atoms with Crippen molar-refractivity contribution in [2.24, 2.45) is 11.8 Å². The summed E-state index contributed by atoms with van der Waals surface area (Å²) >= 11 is 0. The molecule has 1 fully saturated rings. The van der Waals surface area contributed by atoms with Gasteiger partial charge in [0.05, 0.1) is 18.1 Å². The molecule has 0 N–H and O–H groups in total. The summed E-state index contributed by atoms with van der Waals surface area (Å²) in [5.74, 6) is 1.61. The minimum absolute atomic E-state index is 0.237. The number of hydrogen-bond donors (Lipinski definition) is 0. The van der Waals surface area contributed by atoms with Gasteiger partial charge in [0.2, 0.25) is 0 Å². The van der Waals surface area contributed by atoms with Crippen LogP contribution in [0.25, 0.3) is 5.57 Å². The molecule has 2 aromatic rings. The van der Waals surface area contributed by atoms with Crippen LogP contribution in [0.1, 0.15) is 42.4 Å². The summed E-state index contributed by atoms with van der Waals surface area (Å²) in [6.07, 6.45) is 4.59. The molecule has 3 aliphatic rings. The molecule has 2 aromatic carbocycles. The normalized spacial score (nSPS) is 25.5. The fourth-order valence-electron chi connectivity index (χ4n) is 5.46. The molecule has 3 unspecified atom stereocenters. The van der Waals surface area contributed by atoms with Crippen LogP contribution in [-0.2, 0) is 20.7 Å². The van der Waals surface area contributed by atoms with Crippen molar-refractivity contribution in [3.63, 3.8) is 0 Å². The molecular weight excluding hydrogens is 384 g/mol. The molecular formula is C24H26O4S. The maximum Gasteiger partial charge on any atom is 0.297 e. The van der Waals surface area contributed by atoms with Gasteiger partial charge in [-0.1, -0.05) is 29.3 Å². The molecule has 29 heavy (non-hydrogen) atoms. The van der Waals surface area contributed by atoms with Crippen molar-refractivity contribution >= 4 is 15.7 Å². The molecule has 0 amide bonds. The molecule has 0 saturated heterocycles. The van der Waals surface area contributed by atoms with Crippen LogP contribution in [0.4, 0.5) is 0 Å². The van der Waals surface area contributed by atoms with E-state index in [-0.39, 0.29) is 16.9 Å². The first kappa shape index (κ1) is 18.9. The first-order chi connectivity index (χ1) is 14.0. The van der Waals surface area contributed by atoms with Crippen LogP contribution in [0.2, 0.25) is 0 Å². The zero-order valence-corrected chi connectivity index (χ0v) is 17.7. The Labute approximate surface area is 172 Å². The van der Waals surface area contributed by atoms with Crippen LogP contribution in [-0.4, -0.2) is 21.6 Å². The van der Waals surface area contributed by atoms with E-state index in [1.165, 1.54) is 22.3 Å². The fraction of sp³-hybridized carbons (Fsp3) is 0.417. The van der Waals surface area contributed by atoms with Crippen molar-refractivity contribution in [3.8, 4) is 5.75 Å². The molecule has 152 valence electrons. The number of benzene rings is 2. The van der Waals surface area contributed by atoms with Gasteiger partial charge >= 0.3 is 0 Å². The van der Waals surface area contributed by atoms with Gasteiger partial charge in [0.15, 0.2) is 0 Å². The van der Waals surface area contributed by atoms with Gasteiger partial charge < -0.3 is 4.74 Å². The monoisotopic (exact) mass is 410 g/mol.